The normalized spacial score (nSPS) is 34.9. The Morgan fingerprint density at radius 2 is 1.76 bits per heavy atom. The van der Waals surface area contributed by atoms with Gasteiger partial charge in [-0.05, 0) is 13.8 Å². The van der Waals surface area contributed by atoms with Crippen LogP contribution in [0, 0.1) is 5.41 Å². The van der Waals surface area contributed by atoms with Gasteiger partial charge in [0.25, 0.3) is 0 Å². The first-order chi connectivity index (χ1) is 11.1. The van der Waals surface area contributed by atoms with Crippen LogP contribution in [0.1, 0.15) is 27.7 Å². The lowest BCUT2D eigenvalue weighted by atomic mass is 9.64. The lowest BCUT2D eigenvalue weighted by molar-refractivity contribution is -0.421. The lowest BCUT2D eigenvalue weighted by Crippen LogP contribution is -2.78. The van der Waals surface area contributed by atoms with Gasteiger partial charge in [-0.2, -0.15) is 22.0 Å². The number of rotatable bonds is 4. The zero-order valence-corrected chi connectivity index (χ0v) is 14.1. The fraction of sp³-hybridized carbons (Fsp3) is 0.733. The van der Waals surface area contributed by atoms with Crippen molar-refractivity contribution >= 4 is 11.9 Å². The number of halogens is 5. The molecule has 5 nitrogen and oxygen atoms in total. The Morgan fingerprint density at radius 1 is 1.24 bits per heavy atom. The van der Waals surface area contributed by atoms with Crippen LogP contribution < -0.4 is 0 Å². The molecule has 10 heteroatoms. The largest absolute Gasteiger partial charge is 0.462 e. The highest BCUT2D eigenvalue weighted by molar-refractivity contribution is 5.81. The molecule has 0 aromatic heterocycles. The molecular formula is C15H19F5O5. The smallest absolute Gasteiger partial charge is 0.423 e. The van der Waals surface area contributed by atoms with Gasteiger partial charge in [-0.1, -0.05) is 13.5 Å². The summed E-state index contributed by atoms with van der Waals surface area (Å²) in [6.45, 7) is 4.18. The molecule has 0 saturated carbocycles. The Bertz CT molecular complexity index is 575. The first kappa shape index (κ1) is 21.3. The van der Waals surface area contributed by atoms with Crippen LogP contribution >= 0.6 is 0 Å². The monoisotopic (exact) mass is 374 g/mol. The van der Waals surface area contributed by atoms with Gasteiger partial charge in [0.05, 0.1) is 12.0 Å². The Labute approximate surface area is 141 Å². The Morgan fingerprint density at radius 3 is 2.16 bits per heavy atom. The van der Waals surface area contributed by atoms with Crippen LogP contribution in [0.3, 0.4) is 0 Å². The van der Waals surface area contributed by atoms with Gasteiger partial charge in [0.2, 0.25) is 5.60 Å². The van der Waals surface area contributed by atoms with Crippen LogP contribution in [0.5, 0.6) is 0 Å². The Hall–Kier alpha value is -1.71. The van der Waals surface area contributed by atoms with Crippen molar-refractivity contribution < 1.29 is 45.8 Å². The summed E-state index contributed by atoms with van der Waals surface area (Å²) in [5, 5.41) is 0. The second-order valence-corrected chi connectivity index (χ2v) is 6.39. The van der Waals surface area contributed by atoms with Crippen LogP contribution in [0.2, 0.25) is 0 Å². The summed E-state index contributed by atoms with van der Waals surface area (Å²) in [5.74, 6) is -6.87. The van der Waals surface area contributed by atoms with E-state index in [-0.39, 0.29) is 6.92 Å². The number of alkyl halides is 5. The summed E-state index contributed by atoms with van der Waals surface area (Å²) in [4.78, 5) is 22.6. The average Bonchev–Trinajstić information content (AvgIpc) is 2.46. The number of ether oxygens (including phenoxy) is 3. The average molecular weight is 374 g/mol. The highest BCUT2D eigenvalue weighted by atomic mass is 19.4. The number of esters is 2. The first-order valence-corrected chi connectivity index (χ1v) is 7.15. The molecule has 0 aliphatic carbocycles. The molecule has 0 spiro atoms. The molecule has 0 radical (unpaired) electrons. The topological polar surface area (TPSA) is 61.8 Å². The van der Waals surface area contributed by atoms with Crippen LogP contribution in [-0.2, 0) is 23.8 Å². The van der Waals surface area contributed by atoms with Crippen LogP contribution in [0.4, 0.5) is 22.0 Å². The summed E-state index contributed by atoms with van der Waals surface area (Å²) in [6, 6.07) is 0. The molecule has 1 aliphatic rings. The molecule has 0 bridgehead atoms. The molecule has 0 aromatic rings. The van der Waals surface area contributed by atoms with E-state index >= 15 is 0 Å². The maximum Gasteiger partial charge on any atom is 0.423 e. The summed E-state index contributed by atoms with van der Waals surface area (Å²) in [5.41, 5.74) is -8.81. The summed E-state index contributed by atoms with van der Waals surface area (Å²) < 4.78 is 83.7. The minimum Gasteiger partial charge on any atom is -0.462 e. The number of hydrogen-bond donors (Lipinski definition) is 0. The number of carbonyl (C=O) groups is 2. The van der Waals surface area contributed by atoms with Gasteiger partial charge in [0.1, 0.15) is 6.61 Å². The quantitative estimate of drug-likeness (QED) is 0.430. The van der Waals surface area contributed by atoms with Gasteiger partial charge in [-0.25, -0.2) is 4.79 Å². The predicted octanol–water partition coefficient (Wildman–Crippen LogP) is 3.03. The SMILES string of the molecule is C=CC(=O)OCC1(C)COC(C)(C(F)(F)F)C(F)(F)C1(C)OC(C)=O. The molecule has 0 amide bonds. The van der Waals surface area contributed by atoms with E-state index in [2.05, 4.69) is 16.1 Å². The molecule has 1 fully saturated rings. The summed E-state index contributed by atoms with van der Waals surface area (Å²) in [6.07, 6.45) is -4.69. The van der Waals surface area contributed by atoms with Gasteiger partial charge < -0.3 is 14.2 Å². The zero-order chi connectivity index (χ0) is 19.9. The lowest BCUT2D eigenvalue weighted by Gasteiger charge is -2.57. The molecule has 3 atom stereocenters. The molecule has 0 N–H and O–H groups in total. The molecule has 0 aromatic carbocycles. The van der Waals surface area contributed by atoms with Crippen LogP contribution in [0.25, 0.3) is 0 Å². The molecule has 1 heterocycles. The van der Waals surface area contributed by atoms with Crippen LogP contribution in [-0.4, -0.2) is 48.5 Å². The van der Waals surface area contributed by atoms with E-state index < -0.39 is 53.9 Å². The standard InChI is InChI=1S/C15H19F5O5/c1-6-10(22)23-7-11(3)8-24-13(5,15(18,19)20)14(16,17)12(11,4)25-9(2)21/h6H,1,7-8H2,2-5H3. The van der Waals surface area contributed by atoms with E-state index in [1.807, 2.05) is 0 Å². The van der Waals surface area contributed by atoms with Crippen molar-refractivity contribution in [1.29, 1.82) is 0 Å². The maximum atomic E-state index is 15.0. The first-order valence-electron chi connectivity index (χ1n) is 7.15. The van der Waals surface area contributed by atoms with Crippen molar-refractivity contribution in [3.63, 3.8) is 0 Å². The third-order valence-electron chi connectivity index (χ3n) is 4.62. The molecule has 144 valence electrons. The molecule has 3 unspecified atom stereocenters. The minimum absolute atomic E-state index is 0.185. The molecule has 1 rings (SSSR count). The van der Waals surface area contributed by atoms with Crippen molar-refractivity contribution in [2.75, 3.05) is 13.2 Å². The summed E-state index contributed by atoms with van der Waals surface area (Å²) in [7, 11) is 0. The molecule has 25 heavy (non-hydrogen) atoms. The third-order valence-corrected chi connectivity index (χ3v) is 4.62. The van der Waals surface area contributed by atoms with Gasteiger partial charge in [0, 0.05) is 13.0 Å². The van der Waals surface area contributed by atoms with Crippen molar-refractivity contribution in [1.82, 2.24) is 0 Å². The van der Waals surface area contributed by atoms with Crippen LogP contribution in [0.15, 0.2) is 12.7 Å². The maximum absolute atomic E-state index is 15.0. The highest BCUT2D eigenvalue weighted by Gasteiger charge is 2.82. The van der Waals surface area contributed by atoms with Gasteiger partial charge in [-0.3, -0.25) is 4.79 Å². The van der Waals surface area contributed by atoms with Crippen molar-refractivity contribution in [2.24, 2.45) is 5.41 Å². The zero-order valence-electron chi connectivity index (χ0n) is 14.1. The molecular weight excluding hydrogens is 355 g/mol. The van der Waals surface area contributed by atoms with Gasteiger partial charge >= 0.3 is 24.0 Å². The summed E-state index contributed by atoms with van der Waals surface area (Å²) >= 11 is 0. The Balaban J connectivity index is 3.47. The third kappa shape index (κ3) is 3.11. The minimum atomic E-state index is -5.45. The fourth-order valence-electron chi connectivity index (χ4n) is 2.57. The highest BCUT2D eigenvalue weighted by Crippen LogP contribution is 2.60. The predicted molar refractivity (Wildman–Crippen MR) is 74.8 cm³/mol. The van der Waals surface area contributed by atoms with Gasteiger partial charge in [-0.15, -0.1) is 0 Å². The second-order valence-electron chi connectivity index (χ2n) is 6.39. The fourth-order valence-corrected chi connectivity index (χ4v) is 2.57. The van der Waals surface area contributed by atoms with Gasteiger partial charge in [0.15, 0.2) is 5.60 Å². The number of carbonyl (C=O) groups excluding carboxylic acids is 2. The van der Waals surface area contributed by atoms with E-state index in [0.29, 0.717) is 6.92 Å². The van der Waals surface area contributed by atoms with Crippen molar-refractivity contribution in [3.05, 3.63) is 12.7 Å². The van der Waals surface area contributed by atoms with Crippen molar-refractivity contribution in [2.45, 2.75) is 51.0 Å². The van der Waals surface area contributed by atoms with E-state index in [0.717, 1.165) is 19.9 Å². The molecule has 1 saturated heterocycles. The van der Waals surface area contributed by atoms with Crippen molar-refractivity contribution in [3.8, 4) is 0 Å². The Kier molecular flexibility index (Phi) is 5.31. The van der Waals surface area contributed by atoms with E-state index in [4.69, 9.17) is 4.74 Å². The molecule has 1 aliphatic heterocycles. The number of hydrogen-bond acceptors (Lipinski definition) is 5. The van der Waals surface area contributed by atoms with E-state index in [9.17, 15) is 31.5 Å². The second kappa shape index (κ2) is 6.22. The van der Waals surface area contributed by atoms with E-state index in [1.165, 1.54) is 0 Å². The van der Waals surface area contributed by atoms with E-state index in [1.54, 1.807) is 0 Å².